The SMILES string of the molecule is CCOc1noc(C(Cl)=NC)c1C. The lowest BCUT2D eigenvalue weighted by Crippen LogP contribution is -1.95. The molecule has 0 unspecified atom stereocenters. The molecule has 0 N–H and O–H groups in total. The van der Waals surface area contributed by atoms with E-state index in [0.717, 1.165) is 5.56 Å². The van der Waals surface area contributed by atoms with E-state index < -0.39 is 0 Å². The van der Waals surface area contributed by atoms with Gasteiger partial charge in [0.05, 0.1) is 12.2 Å². The van der Waals surface area contributed by atoms with E-state index in [9.17, 15) is 0 Å². The number of ether oxygens (including phenoxy) is 1. The number of hydrogen-bond acceptors (Lipinski definition) is 4. The van der Waals surface area contributed by atoms with Gasteiger partial charge in [0.1, 0.15) is 0 Å². The van der Waals surface area contributed by atoms with Crippen LogP contribution in [0.25, 0.3) is 0 Å². The molecule has 0 atom stereocenters. The fraction of sp³-hybridized carbons (Fsp3) is 0.500. The fourth-order valence-electron chi connectivity index (χ4n) is 0.886. The first-order valence-corrected chi connectivity index (χ1v) is 4.30. The second-order valence-corrected chi connectivity index (χ2v) is 2.75. The van der Waals surface area contributed by atoms with E-state index in [4.69, 9.17) is 20.9 Å². The van der Waals surface area contributed by atoms with Crippen LogP contribution in [-0.4, -0.2) is 24.0 Å². The summed E-state index contributed by atoms with van der Waals surface area (Å²) in [6, 6.07) is 0. The summed E-state index contributed by atoms with van der Waals surface area (Å²) in [4.78, 5) is 3.79. The van der Waals surface area contributed by atoms with Crippen molar-refractivity contribution in [2.24, 2.45) is 4.99 Å². The van der Waals surface area contributed by atoms with Crippen LogP contribution in [0.2, 0.25) is 0 Å². The second kappa shape index (κ2) is 4.28. The Hall–Kier alpha value is -1.03. The largest absolute Gasteiger partial charge is 0.476 e. The monoisotopic (exact) mass is 202 g/mol. The Morgan fingerprint density at radius 2 is 2.38 bits per heavy atom. The Labute approximate surface area is 81.5 Å². The highest BCUT2D eigenvalue weighted by molar-refractivity contribution is 6.69. The van der Waals surface area contributed by atoms with E-state index in [0.29, 0.717) is 23.4 Å². The van der Waals surface area contributed by atoms with E-state index in [1.54, 1.807) is 7.05 Å². The predicted molar refractivity (Wildman–Crippen MR) is 50.7 cm³/mol. The van der Waals surface area contributed by atoms with Crippen molar-refractivity contribution >= 4 is 16.8 Å². The molecule has 0 amide bonds. The maximum atomic E-state index is 5.77. The van der Waals surface area contributed by atoms with Crippen molar-refractivity contribution in [3.8, 4) is 5.88 Å². The summed E-state index contributed by atoms with van der Waals surface area (Å²) in [7, 11) is 1.59. The molecule has 0 aliphatic rings. The predicted octanol–water partition coefficient (Wildman–Crippen LogP) is 2.00. The molecule has 72 valence electrons. The van der Waals surface area contributed by atoms with E-state index in [1.165, 1.54) is 0 Å². The maximum Gasteiger partial charge on any atom is 0.257 e. The quantitative estimate of drug-likeness (QED) is 0.705. The average molecular weight is 203 g/mol. The molecule has 0 fully saturated rings. The zero-order valence-electron chi connectivity index (χ0n) is 7.80. The minimum atomic E-state index is 0.302. The van der Waals surface area contributed by atoms with Gasteiger partial charge in [-0.1, -0.05) is 11.6 Å². The Balaban J connectivity index is 2.99. The van der Waals surface area contributed by atoms with Crippen LogP contribution in [0, 0.1) is 6.92 Å². The summed E-state index contributed by atoms with van der Waals surface area (Å²) in [5.74, 6) is 0.937. The first-order chi connectivity index (χ1) is 6.20. The molecule has 13 heavy (non-hydrogen) atoms. The summed E-state index contributed by atoms with van der Waals surface area (Å²) >= 11 is 5.77. The van der Waals surface area contributed by atoms with Gasteiger partial charge in [0.2, 0.25) is 5.76 Å². The molecule has 4 nitrogen and oxygen atoms in total. The smallest absolute Gasteiger partial charge is 0.257 e. The topological polar surface area (TPSA) is 47.6 Å². The van der Waals surface area contributed by atoms with Crippen molar-refractivity contribution in [1.29, 1.82) is 0 Å². The molecular formula is C8H11ClN2O2. The lowest BCUT2D eigenvalue weighted by molar-refractivity contribution is 0.293. The van der Waals surface area contributed by atoms with Gasteiger partial charge in [-0.3, -0.25) is 4.99 Å². The molecule has 0 aliphatic carbocycles. The van der Waals surface area contributed by atoms with Crippen molar-refractivity contribution in [3.63, 3.8) is 0 Å². The van der Waals surface area contributed by atoms with Gasteiger partial charge in [0.15, 0.2) is 5.17 Å². The molecular weight excluding hydrogens is 192 g/mol. The molecule has 0 aromatic carbocycles. The number of halogens is 1. The Bertz CT molecular complexity index is 320. The van der Waals surface area contributed by atoms with E-state index in [1.807, 2.05) is 13.8 Å². The second-order valence-electron chi connectivity index (χ2n) is 2.39. The zero-order chi connectivity index (χ0) is 9.84. The summed E-state index contributed by atoms with van der Waals surface area (Å²) < 4.78 is 10.2. The fourth-order valence-corrected chi connectivity index (χ4v) is 1.06. The number of aliphatic imine (C=N–C) groups is 1. The van der Waals surface area contributed by atoms with Crippen molar-refractivity contribution in [2.45, 2.75) is 13.8 Å². The average Bonchev–Trinajstić information content (AvgIpc) is 2.48. The van der Waals surface area contributed by atoms with Gasteiger partial charge < -0.3 is 9.26 Å². The summed E-state index contributed by atoms with van der Waals surface area (Å²) in [5, 5.41) is 4.01. The third kappa shape index (κ3) is 2.01. The standard InChI is InChI=1S/C8H11ClN2O2/c1-4-12-8-5(2)6(13-11-8)7(9)10-3/h4H2,1-3H3. The third-order valence-corrected chi connectivity index (χ3v) is 1.89. The molecule has 0 spiro atoms. The molecule has 5 heteroatoms. The number of hydrogen-bond donors (Lipinski definition) is 0. The van der Waals surface area contributed by atoms with Gasteiger partial charge in [-0.2, -0.15) is 0 Å². The normalized spacial score (nSPS) is 11.8. The van der Waals surface area contributed by atoms with Crippen LogP contribution in [0.3, 0.4) is 0 Å². The van der Waals surface area contributed by atoms with Gasteiger partial charge in [0, 0.05) is 7.05 Å². The summed E-state index contributed by atoms with van der Waals surface area (Å²) in [5.41, 5.74) is 0.775. The van der Waals surface area contributed by atoms with Crippen LogP contribution in [0.1, 0.15) is 18.2 Å². The minimum Gasteiger partial charge on any atom is -0.476 e. The first-order valence-electron chi connectivity index (χ1n) is 3.92. The molecule has 1 rings (SSSR count). The van der Waals surface area contributed by atoms with E-state index in [2.05, 4.69) is 10.1 Å². The van der Waals surface area contributed by atoms with Crippen LogP contribution in [0.4, 0.5) is 0 Å². The van der Waals surface area contributed by atoms with Gasteiger partial charge in [0.25, 0.3) is 5.88 Å². The molecule has 0 radical (unpaired) electrons. The Morgan fingerprint density at radius 1 is 1.69 bits per heavy atom. The van der Waals surface area contributed by atoms with Crippen molar-refractivity contribution in [2.75, 3.05) is 13.7 Å². The highest BCUT2D eigenvalue weighted by atomic mass is 35.5. The molecule has 0 aliphatic heterocycles. The minimum absolute atomic E-state index is 0.302. The van der Waals surface area contributed by atoms with E-state index in [-0.39, 0.29) is 0 Å². The zero-order valence-corrected chi connectivity index (χ0v) is 8.55. The lowest BCUT2D eigenvalue weighted by atomic mass is 10.3. The molecule has 0 bridgehead atoms. The van der Waals surface area contributed by atoms with Crippen LogP contribution in [0.5, 0.6) is 5.88 Å². The Morgan fingerprint density at radius 3 is 2.92 bits per heavy atom. The van der Waals surface area contributed by atoms with Gasteiger partial charge >= 0.3 is 0 Å². The number of rotatable bonds is 3. The van der Waals surface area contributed by atoms with Crippen LogP contribution in [0.15, 0.2) is 9.52 Å². The van der Waals surface area contributed by atoms with Crippen molar-refractivity contribution in [3.05, 3.63) is 11.3 Å². The highest BCUT2D eigenvalue weighted by Gasteiger charge is 2.15. The highest BCUT2D eigenvalue weighted by Crippen LogP contribution is 2.21. The first kappa shape index (κ1) is 10.1. The molecule has 0 saturated carbocycles. The number of aromatic nitrogens is 1. The van der Waals surface area contributed by atoms with E-state index >= 15 is 0 Å². The lowest BCUT2D eigenvalue weighted by Gasteiger charge is -1.96. The summed E-state index contributed by atoms with van der Waals surface area (Å²) in [6.07, 6.45) is 0. The third-order valence-electron chi connectivity index (χ3n) is 1.55. The van der Waals surface area contributed by atoms with Crippen molar-refractivity contribution < 1.29 is 9.26 Å². The van der Waals surface area contributed by atoms with Gasteiger partial charge in [-0.25, -0.2) is 0 Å². The Kier molecular flexibility index (Phi) is 3.31. The van der Waals surface area contributed by atoms with Gasteiger partial charge in [-0.05, 0) is 19.0 Å². The molecule has 0 saturated heterocycles. The van der Waals surface area contributed by atoms with Crippen LogP contribution in [-0.2, 0) is 0 Å². The summed E-state index contributed by atoms with van der Waals surface area (Å²) in [6.45, 7) is 4.25. The molecule has 1 aromatic rings. The van der Waals surface area contributed by atoms with Crippen LogP contribution < -0.4 is 4.74 Å². The van der Waals surface area contributed by atoms with Crippen LogP contribution >= 0.6 is 11.6 Å². The molecule has 1 aromatic heterocycles. The number of nitrogens with zero attached hydrogens (tertiary/aromatic N) is 2. The molecule has 1 heterocycles. The van der Waals surface area contributed by atoms with Crippen molar-refractivity contribution in [1.82, 2.24) is 5.16 Å². The maximum absolute atomic E-state index is 5.77. The van der Waals surface area contributed by atoms with Gasteiger partial charge in [-0.15, -0.1) is 0 Å².